The van der Waals surface area contributed by atoms with Crippen LogP contribution in [0.25, 0.3) is 0 Å². The summed E-state index contributed by atoms with van der Waals surface area (Å²) >= 11 is 0. The number of ether oxygens (including phenoxy) is 3. The number of hydrogen-bond acceptors (Lipinski definition) is 4. The molecule has 5 nitrogen and oxygen atoms in total. The maximum absolute atomic E-state index is 12.0. The molecule has 0 saturated carbocycles. The van der Waals surface area contributed by atoms with Crippen molar-refractivity contribution >= 4 is 11.6 Å². The molecule has 0 bridgehead atoms. The highest BCUT2D eigenvalue weighted by Crippen LogP contribution is 2.40. The van der Waals surface area contributed by atoms with Crippen molar-refractivity contribution in [1.29, 1.82) is 0 Å². The fourth-order valence-electron chi connectivity index (χ4n) is 2.29. The third-order valence-electron chi connectivity index (χ3n) is 3.22. The van der Waals surface area contributed by atoms with Gasteiger partial charge in [-0.25, -0.2) is 0 Å². The summed E-state index contributed by atoms with van der Waals surface area (Å²) in [7, 11) is 0. The van der Waals surface area contributed by atoms with Crippen molar-refractivity contribution in [3.63, 3.8) is 0 Å². The molecule has 5 heteroatoms. The summed E-state index contributed by atoms with van der Waals surface area (Å²) in [6, 6.07) is 5.42. The van der Waals surface area contributed by atoms with Crippen molar-refractivity contribution in [1.82, 2.24) is 0 Å². The number of anilines is 1. The van der Waals surface area contributed by atoms with Crippen LogP contribution < -0.4 is 14.8 Å². The van der Waals surface area contributed by atoms with Crippen LogP contribution in [0.5, 0.6) is 11.5 Å². The van der Waals surface area contributed by atoms with Gasteiger partial charge >= 0.3 is 0 Å². The van der Waals surface area contributed by atoms with Crippen LogP contribution in [0.2, 0.25) is 0 Å². The first kappa shape index (κ1) is 12.3. The van der Waals surface area contributed by atoms with E-state index in [2.05, 4.69) is 5.32 Å². The van der Waals surface area contributed by atoms with Crippen LogP contribution in [0.4, 0.5) is 5.69 Å². The van der Waals surface area contributed by atoms with E-state index in [0.29, 0.717) is 24.7 Å². The molecule has 2 aliphatic rings. The standard InChI is InChI=1S/C14H17NO4/c1-14(2)18-11-4-3-10(7-12(11)19-14)15-13(16)9-5-6-17-8-9/h3-4,7,9H,5-6,8H2,1-2H3,(H,15,16)/t9-/m0/s1. The number of rotatable bonds is 2. The quantitative estimate of drug-likeness (QED) is 0.888. The van der Waals surface area contributed by atoms with Crippen molar-refractivity contribution in [3.05, 3.63) is 18.2 Å². The number of benzene rings is 1. The summed E-state index contributed by atoms with van der Waals surface area (Å²) in [6.07, 6.45) is 0.781. The lowest BCUT2D eigenvalue weighted by Crippen LogP contribution is -2.29. The van der Waals surface area contributed by atoms with Gasteiger partial charge in [0.2, 0.25) is 11.7 Å². The Labute approximate surface area is 111 Å². The van der Waals surface area contributed by atoms with Gasteiger partial charge in [-0.05, 0) is 18.6 Å². The number of amides is 1. The molecule has 1 saturated heterocycles. The lowest BCUT2D eigenvalue weighted by Gasteiger charge is -2.16. The van der Waals surface area contributed by atoms with Gasteiger partial charge in [0.15, 0.2) is 11.5 Å². The van der Waals surface area contributed by atoms with Crippen LogP contribution in [-0.4, -0.2) is 24.9 Å². The van der Waals surface area contributed by atoms with Gasteiger partial charge in [0.1, 0.15) is 0 Å². The summed E-state index contributed by atoms with van der Waals surface area (Å²) < 4.78 is 16.5. The Hall–Kier alpha value is -1.75. The molecule has 0 unspecified atom stereocenters. The summed E-state index contributed by atoms with van der Waals surface area (Å²) in [4.78, 5) is 12.0. The smallest absolute Gasteiger partial charge is 0.246 e. The minimum absolute atomic E-state index is 0.00405. The molecule has 1 aromatic carbocycles. The van der Waals surface area contributed by atoms with Crippen molar-refractivity contribution in [2.45, 2.75) is 26.1 Å². The van der Waals surface area contributed by atoms with Gasteiger partial charge in [-0.3, -0.25) is 4.79 Å². The van der Waals surface area contributed by atoms with Crippen LogP contribution in [0.3, 0.4) is 0 Å². The average molecular weight is 263 g/mol. The third-order valence-corrected chi connectivity index (χ3v) is 3.22. The topological polar surface area (TPSA) is 56.8 Å². The number of carbonyl (C=O) groups excluding carboxylic acids is 1. The largest absolute Gasteiger partial charge is 0.449 e. The number of nitrogens with one attached hydrogen (secondary N) is 1. The number of fused-ring (bicyclic) bond motifs is 1. The molecular formula is C14H17NO4. The Morgan fingerprint density at radius 2 is 2.11 bits per heavy atom. The molecule has 1 amide bonds. The predicted octanol–water partition coefficient (Wildman–Crippen LogP) is 2.17. The molecule has 2 heterocycles. The molecule has 102 valence electrons. The Morgan fingerprint density at radius 3 is 2.84 bits per heavy atom. The van der Waals surface area contributed by atoms with Gasteiger partial charge in [0.05, 0.1) is 12.5 Å². The van der Waals surface area contributed by atoms with Crippen LogP contribution in [0.15, 0.2) is 18.2 Å². The molecule has 0 aromatic heterocycles. The summed E-state index contributed by atoms with van der Waals surface area (Å²) in [5.74, 6) is 0.653. The minimum Gasteiger partial charge on any atom is -0.449 e. The first-order valence-electron chi connectivity index (χ1n) is 6.44. The van der Waals surface area contributed by atoms with Gasteiger partial charge in [0, 0.05) is 32.2 Å². The molecule has 0 spiro atoms. The molecular weight excluding hydrogens is 246 g/mol. The number of hydrogen-bond donors (Lipinski definition) is 1. The summed E-state index contributed by atoms with van der Waals surface area (Å²) in [6.45, 7) is 4.86. The summed E-state index contributed by atoms with van der Waals surface area (Å²) in [5, 5.41) is 2.89. The lowest BCUT2D eigenvalue weighted by molar-refractivity contribution is -0.119. The third kappa shape index (κ3) is 2.51. The SMILES string of the molecule is CC1(C)Oc2ccc(NC(=O)[C@H]3CCOC3)cc2O1. The average Bonchev–Trinajstić information content (AvgIpc) is 2.93. The Morgan fingerprint density at radius 1 is 1.32 bits per heavy atom. The van der Waals surface area contributed by atoms with Crippen molar-refractivity contribution in [2.75, 3.05) is 18.5 Å². The zero-order valence-corrected chi connectivity index (χ0v) is 11.1. The first-order valence-corrected chi connectivity index (χ1v) is 6.44. The molecule has 0 radical (unpaired) electrons. The molecule has 1 aromatic rings. The van der Waals surface area contributed by atoms with E-state index in [1.54, 1.807) is 6.07 Å². The van der Waals surface area contributed by atoms with E-state index in [1.165, 1.54) is 0 Å². The highest BCUT2D eigenvalue weighted by molar-refractivity contribution is 5.93. The monoisotopic (exact) mass is 263 g/mol. The highest BCUT2D eigenvalue weighted by atomic mass is 16.7. The van der Waals surface area contributed by atoms with Gasteiger partial charge in [0.25, 0.3) is 0 Å². The first-order chi connectivity index (χ1) is 9.03. The predicted molar refractivity (Wildman–Crippen MR) is 69.3 cm³/mol. The van der Waals surface area contributed by atoms with Crippen molar-refractivity contribution in [3.8, 4) is 11.5 Å². The van der Waals surface area contributed by atoms with E-state index >= 15 is 0 Å². The van der Waals surface area contributed by atoms with E-state index < -0.39 is 5.79 Å². The van der Waals surface area contributed by atoms with E-state index in [4.69, 9.17) is 14.2 Å². The number of carbonyl (C=O) groups is 1. The summed E-state index contributed by atoms with van der Waals surface area (Å²) in [5.41, 5.74) is 0.719. The Bertz CT molecular complexity index is 506. The van der Waals surface area contributed by atoms with Gasteiger partial charge in [-0.15, -0.1) is 0 Å². The van der Waals surface area contributed by atoms with Crippen LogP contribution in [0, 0.1) is 5.92 Å². The molecule has 19 heavy (non-hydrogen) atoms. The van der Waals surface area contributed by atoms with Crippen molar-refractivity contribution in [2.24, 2.45) is 5.92 Å². The van der Waals surface area contributed by atoms with E-state index in [9.17, 15) is 4.79 Å². The van der Waals surface area contributed by atoms with E-state index in [-0.39, 0.29) is 11.8 Å². The van der Waals surface area contributed by atoms with E-state index in [1.807, 2.05) is 26.0 Å². The lowest BCUT2D eigenvalue weighted by atomic mass is 10.1. The second-order valence-corrected chi connectivity index (χ2v) is 5.32. The molecule has 3 rings (SSSR count). The Balaban J connectivity index is 1.71. The van der Waals surface area contributed by atoms with Gasteiger partial charge in [-0.2, -0.15) is 0 Å². The van der Waals surface area contributed by atoms with Gasteiger partial charge in [-0.1, -0.05) is 0 Å². The van der Waals surface area contributed by atoms with Crippen molar-refractivity contribution < 1.29 is 19.0 Å². The molecule has 0 aliphatic carbocycles. The molecule has 1 N–H and O–H groups in total. The fraction of sp³-hybridized carbons (Fsp3) is 0.500. The van der Waals surface area contributed by atoms with Crippen LogP contribution >= 0.6 is 0 Å². The molecule has 1 fully saturated rings. The zero-order chi connectivity index (χ0) is 13.5. The van der Waals surface area contributed by atoms with E-state index in [0.717, 1.165) is 12.1 Å². The van der Waals surface area contributed by atoms with Gasteiger partial charge < -0.3 is 19.5 Å². The van der Waals surface area contributed by atoms with Crippen LogP contribution in [0.1, 0.15) is 20.3 Å². The van der Waals surface area contributed by atoms with Crippen LogP contribution in [-0.2, 0) is 9.53 Å². The Kier molecular flexibility index (Phi) is 2.86. The molecule has 2 aliphatic heterocycles. The highest BCUT2D eigenvalue weighted by Gasteiger charge is 2.32. The second-order valence-electron chi connectivity index (χ2n) is 5.32. The maximum atomic E-state index is 12.0. The zero-order valence-electron chi connectivity index (χ0n) is 11.1. The second kappa shape index (κ2) is 4.42. The fourth-order valence-corrected chi connectivity index (χ4v) is 2.29. The minimum atomic E-state index is -0.649. The maximum Gasteiger partial charge on any atom is 0.246 e. The molecule has 1 atom stereocenters. The normalized spacial score (nSPS) is 23.4.